The van der Waals surface area contributed by atoms with Gasteiger partial charge >= 0.3 is 5.69 Å². The number of fused-ring (bicyclic) bond motifs is 2. The number of carbonyl (C=O) groups excluding carboxylic acids is 2. The molecule has 2 aromatic heterocycles. The minimum Gasteiger partial charge on any atom is -0.444 e. The van der Waals surface area contributed by atoms with Crippen molar-refractivity contribution in [3.8, 4) is 5.69 Å². The van der Waals surface area contributed by atoms with Crippen LogP contribution in [0.15, 0.2) is 62.5 Å². The molecule has 33 heavy (non-hydrogen) atoms. The zero-order chi connectivity index (χ0) is 23.1. The van der Waals surface area contributed by atoms with Crippen molar-refractivity contribution >= 4 is 34.3 Å². The zero-order valence-corrected chi connectivity index (χ0v) is 17.7. The highest BCUT2D eigenvalue weighted by Crippen LogP contribution is 2.27. The van der Waals surface area contributed by atoms with Crippen molar-refractivity contribution in [2.45, 2.75) is 26.2 Å². The number of para-hydroxylation sites is 1. The maximum Gasteiger partial charge on any atom is 0.335 e. The summed E-state index contributed by atoms with van der Waals surface area (Å²) in [4.78, 5) is 53.3. The van der Waals surface area contributed by atoms with Gasteiger partial charge in [-0.05, 0) is 55.7 Å². The van der Waals surface area contributed by atoms with Gasteiger partial charge in [0.1, 0.15) is 11.1 Å². The van der Waals surface area contributed by atoms with Crippen molar-refractivity contribution in [1.29, 1.82) is 0 Å². The lowest BCUT2D eigenvalue weighted by atomic mass is 10.1. The van der Waals surface area contributed by atoms with E-state index < -0.39 is 17.2 Å². The number of hydrogen-bond donors (Lipinski definition) is 3. The van der Waals surface area contributed by atoms with Gasteiger partial charge in [-0.15, -0.1) is 0 Å². The summed E-state index contributed by atoms with van der Waals surface area (Å²) >= 11 is 0. The van der Waals surface area contributed by atoms with Gasteiger partial charge in [0.2, 0.25) is 11.6 Å². The molecule has 0 fully saturated rings. The highest BCUT2D eigenvalue weighted by atomic mass is 16.3. The molecule has 2 amide bonds. The fourth-order valence-electron chi connectivity index (χ4n) is 4.12. The summed E-state index contributed by atoms with van der Waals surface area (Å²) in [5.74, 6) is -0.356. The minimum atomic E-state index is -0.660. The van der Waals surface area contributed by atoms with Crippen LogP contribution in [0.5, 0.6) is 0 Å². The normalized spacial score (nSPS) is 13.3. The third-order valence-corrected chi connectivity index (χ3v) is 5.65. The Balaban J connectivity index is 1.56. The first kappa shape index (κ1) is 20.5. The number of benzene rings is 2. The molecule has 9 nitrogen and oxygen atoms in total. The van der Waals surface area contributed by atoms with Gasteiger partial charge in [0.15, 0.2) is 0 Å². The Hall–Kier alpha value is -4.40. The van der Waals surface area contributed by atoms with E-state index in [4.69, 9.17) is 4.42 Å². The van der Waals surface area contributed by atoms with Crippen molar-refractivity contribution in [3.63, 3.8) is 0 Å². The molecule has 1 aliphatic heterocycles. The standard InChI is InChI=1S/C24H20N4O5/c1-13-19(21(30)25-15-10-11-17-14(12-15)6-5-9-18(29)26-17)20-22(33-13)27-24(32)28(23(20)31)16-7-3-2-4-8-16/h2-4,7-8,10-12H,5-6,9H2,1H3,(H,25,30)(H,26,29)(H,27,32). The van der Waals surface area contributed by atoms with Gasteiger partial charge in [0.25, 0.3) is 11.5 Å². The first-order valence-corrected chi connectivity index (χ1v) is 10.5. The third-order valence-electron chi connectivity index (χ3n) is 5.65. The fourth-order valence-corrected chi connectivity index (χ4v) is 4.12. The van der Waals surface area contributed by atoms with Crippen LogP contribution in [-0.4, -0.2) is 21.4 Å². The predicted molar refractivity (Wildman–Crippen MR) is 123 cm³/mol. The summed E-state index contributed by atoms with van der Waals surface area (Å²) in [6.45, 7) is 1.56. The molecule has 4 aromatic rings. The Morgan fingerprint density at radius 3 is 2.64 bits per heavy atom. The molecule has 0 saturated heterocycles. The average Bonchev–Trinajstić information content (AvgIpc) is 3.00. The molecule has 166 valence electrons. The monoisotopic (exact) mass is 444 g/mol. The number of furan rings is 1. The molecule has 5 rings (SSSR count). The lowest BCUT2D eigenvalue weighted by Crippen LogP contribution is -2.34. The summed E-state index contributed by atoms with van der Waals surface area (Å²) in [6.07, 6.45) is 1.87. The van der Waals surface area contributed by atoms with Gasteiger partial charge in [0.05, 0.1) is 11.3 Å². The fraction of sp³-hybridized carbons (Fsp3) is 0.167. The van der Waals surface area contributed by atoms with Crippen molar-refractivity contribution in [2.75, 3.05) is 10.6 Å². The molecule has 0 unspecified atom stereocenters. The predicted octanol–water partition coefficient (Wildman–Crippen LogP) is 3.11. The summed E-state index contributed by atoms with van der Waals surface area (Å²) in [6, 6.07) is 13.7. The van der Waals surface area contributed by atoms with Crippen molar-refractivity contribution in [3.05, 3.63) is 86.3 Å². The molecular weight excluding hydrogens is 424 g/mol. The molecule has 3 N–H and O–H groups in total. The summed E-state index contributed by atoms with van der Waals surface area (Å²) in [5.41, 5.74) is 1.24. The molecule has 0 radical (unpaired) electrons. The van der Waals surface area contributed by atoms with E-state index in [1.165, 1.54) is 0 Å². The number of nitrogens with one attached hydrogen (secondary N) is 3. The Kier molecular flexibility index (Phi) is 4.93. The Bertz CT molecular complexity index is 1530. The number of H-pyrrole nitrogens is 1. The van der Waals surface area contributed by atoms with E-state index in [1.807, 2.05) is 0 Å². The Morgan fingerprint density at radius 2 is 1.85 bits per heavy atom. The van der Waals surface area contributed by atoms with E-state index in [0.717, 1.165) is 15.8 Å². The van der Waals surface area contributed by atoms with Crippen LogP contribution in [0.3, 0.4) is 0 Å². The van der Waals surface area contributed by atoms with E-state index >= 15 is 0 Å². The number of rotatable bonds is 3. The molecule has 0 atom stereocenters. The number of aryl methyl sites for hydroxylation is 2. The molecule has 0 bridgehead atoms. The van der Waals surface area contributed by atoms with Crippen LogP contribution < -0.4 is 21.9 Å². The number of aromatic amines is 1. The molecule has 0 saturated carbocycles. The maximum absolute atomic E-state index is 13.3. The Morgan fingerprint density at radius 1 is 1.06 bits per heavy atom. The summed E-state index contributed by atoms with van der Waals surface area (Å²) in [7, 11) is 0. The van der Waals surface area contributed by atoms with Gasteiger partial charge in [-0.3, -0.25) is 19.4 Å². The van der Waals surface area contributed by atoms with E-state index in [1.54, 1.807) is 55.5 Å². The minimum absolute atomic E-state index is 0.00419. The first-order valence-electron chi connectivity index (χ1n) is 10.5. The van der Waals surface area contributed by atoms with Gasteiger partial charge in [-0.2, -0.15) is 0 Å². The first-order chi connectivity index (χ1) is 15.9. The third kappa shape index (κ3) is 3.63. The van der Waals surface area contributed by atoms with Gasteiger partial charge in [-0.1, -0.05) is 18.2 Å². The van der Waals surface area contributed by atoms with E-state index in [9.17, 15) is 19.2 Å². The average molecular weight is 444 g/mol. The maximum atomic E-state index is 13.3. The van der Waals surface area contributed by atoms with Crippen LogP contribution in [0.4, 0.5) is 11.4 Å². The number of carbonyl (C=O) groups is 2. The molecule has 0 aliphatic carbocycles. The van der Waals surface area contributed by atoms with Crippen LogP contribution in [-0.2, 0) is 11.2 Å². The lowest BCUT2D eigenvalue weighted by Gasteiger charge is -2.10. The van der Waals surface area contributed by atoms with E-state index in [2.05, 4.69) is 15.6 Å². The van der Waals surface area contributed by atoms with Crippen LogP contribution in [0.25, 0.3) is 16.8 Å². The SMILES string of the molecule is Cc1oc2[nH]c(=O)n(-c3ccccc3)c(=O)c2c1C(=O)Nc1ccc2c(c1)CCCC(=O)N2. The zero-order valence-electron chi connectivity index (χ0n) is 17.7. The number of amides is 2. The van der Waals surface area contributed by atoms with Crippen LogP contribution >= 0.6 is 0 Å². The summed E-state index contributed by atoms with van der Waals surface area (Å²) < 4.78 is 6.52. The van der Waals surface area contributed by atoms with Crippen LogP contribution in [0.1, 0.15) is 34.5 Å². The van der Waals surface area contributed by atoms with Crippen LogP contribution in [0, 0.1) is 6.92 Å². The van der Waals surface area contributed by atoms with Crippen molar-refractivity contribution < 1.29 is 14.0 Å². The van der Waals surface area contributed by atoms with E-state index in [0.29, 0.717) is 30.6 Å². The second kappa shape index (κ2) is 7.94. The number of nitrogens with zero attached hydrogens (tertiary/aromatic N) is 1. The second-order valence-electron chi connectivity index (χ2n) is 7.87. The van der Waals surface area contributed by atoms with Crippen molar-refractivity contribution in [1.82, 2.24) is 9.55 Å². The molecule has 2 aromatic carbocycles. The smallest absolute Gasteiger partial charge is 0.335 e. The largest absolute Gasteiger partial charge is 0.444 e. The quantitative estimate of drug-likeness (QED) is 0.448. The van der Waals surface area contributed by atoms with Crippen LogP contribution in [0.2, 0.25) is 0 Å². The molecule has 9 heteroatoms. The Labute approximate surface area is 187 Å². The van der Waals surface area contributed by atoms with Gasteiger partial charge < -0.3 is 15.1 Å². The molecule has 3 heterocycles. The molecule has 0 spiro atoms. The topological polar surface area (TPSA) is 126 Å². The molecule has 1 aliphatic rings. The van der Waals surface area contributed by atoms with Gasteiger partial charge in [0, 0.05) is 17.8 Å². The van der Waals surface area contributed by atoms with Crippen molar-refractivity contribution in [2.24, 2.45) is 0 Å². The number of anilines is 2. The second-order valence-corrected chi connectivity index (χ2v) is 7.87. The van der Waals surface area contributed by atoms with Gasteiger partial charge in [-0.25, -0.2) is 9.36 Å². The van der Waals surface area contributed by atoms with E-state index in [-0.39, 0.29) is 28.3 Å². The number of hydrogen-bond acceptors (Lipinski definition) is 5. The highest BCUT2D eigenvalue weighted by Gasteiger charge is 2.24. The number of aromatic nitrogens is 2. The lowest BCUT2D eigenvalue weighted by molar-refractivity contribution is -0.116. The highest BCUT2D eigenvalue weighted by molar-refractivity contribution is 6.12. The summed E-state index contributed by atoms with van der Waals surface area (Å²) in [5, 5.41) is 5.66. The molecular formula is C24H20N4O5.